The van der Waals surface area contributed by atoms with Crippen LogP contribution in [0.1, 0.15) is 48.2 Å². The lowest BCUT2D eigenvalue weighted by Gasteiger charge is -2.24. The van der Waals surface area contributed by atoms with Crippen LogP contribution < -0.4 is 5.32 Å². The molecule has 110 valence electrons. The molecule has 1 aliphatic rings. The molecule has 1 aliphatic heterocycles. The lowest BCUT2D eigenvalue weighted by atomic mass is 9.88. The summed E-state index contributed by atoms with van der Waals surface area (Å²) in [7, 11) is 0. The minimum atomic E-state index is 0.00613. The van der Waals surface area contributed by atoms with E-state index in [0.717, 1.165) is 29.3 Å². The average molecular weight is 340 g/mol. The van der Waals surface area contributed by atoms with Gasteiger partial charge in [0.05, 0.1) is 13.2 Å². The summed E-state index contributed by atoms with van der Waals surface area (Å²) in [4.78, 5) is 12.2. The highest BCUT2D eigenvalue weighted by Gasteiger charge is 2.19. The van der Waals surface area contributed by atoms with Gasteiger partial charge in [-0.1, -0.05) is 35.8 Å². The van der Waals surface area contributed by atoms with Crippen LogP contribution in [0.3, 0.4) is 0 Å². The third-order valence-corrected chi connectivity index (χ3v) is 4.26. The van der Waals surface area contributed by atoms with Crippen LogP contribution in [-0.4, -0.2) is 17.8 Å². The first kappa shape index (κ1) is 15.5. The van der Waals surface area contributed by atoms with Crippen LogP contribution in [0.25, 0.3) is 0 Å². The van der Waals surface area contributed by atoms with Gasteiger partial charge in [-0.3, -0.25) is 4.79 Å². The van der Waals surface area contributed by atoms with Crippen LogP contribution >= 0.6 is 15.9 Å². The molecule has 0 bridgehead atoms. The van der Waals surface area contributed by atoms with Gasteiger partial charge in [-0.2, -0.15) is 0 Å². The number of hydrogen-bond donors (Lipinski definition) is 1. The highest BCUT2D eigenvalue weighted by molar-refractivity contribution is 9.09. The van der Waals surface area contributed by atoms with Gasteiger partial charge in [-0.05, 0) is 41.5 Å². The Balaban J connectivity index is 1.92. The lowest BCUT2D eigenvalue weighted by Crippen LogP contribution is -2.34. The third kappa shape index (κ3) is 4.06. The molecule has 1 aromatic rings. The Bertz CT molecular complexity index is 485. The smallest absolute Gasteiger partial charge is 0.251 e. The molecule has 0 saturated carbocycles. The van der Waals surface area contributed by atoms with Gasteiger partial charge in [0.1, 0.15) is 0 Å². The summed E-state index contributed by atoms with van der Waals surface area (Å²) in [5, 5.41) is 4.05. The minimum absolute atomic E-state index is 0.00613. The normalized spacial score (nSPS) is 14.2. The van der Waals surface area contributed by atoms with Gasteiger partial charge < -0.3 is 10.1 Å². The zero-order chi connectivity index (χ0) is 14.6. The molecule has 0 fully saturated rings. The first-order valence-electron chi connectivity index (χ1n) is 7.05. The monoisotopic (exact) mass is 339 g/mol. The number of carbonyl (C=O) groups excluding carboxylic acids is 1. The van der Waals surface area contributed by atoms with Crippen molar-refractivity contribution in [2.75, 3.05) is 11.9 Å². The fourth-order valence-corrected chi connectivity index (χ4v) is 2.65. The predicted molar refractivity (Wildman–Crippen MR) is 84.1 cm³/mol. The van der Waals surface area contributed by atoms with Crippen molar-refractivity contribution >= 4 is 21.8 Å². The van der Waals surface area contributed by atoms with Gasteiger partial charge in [-0.25, -0.2) is 0 Å². The van der Waals surface area contributed by atoms with Crippen LogP contribution in [0.15, 0.2) is 18.2 Å². The molecule has 1 heterocycles. The van der Waals surface area contributed by atoms with Crippen molar-refractivity contribution in [3.63, 3.8) is 0 Å². The lowest BCUT2D eigenvalue weighted by molar-refractivity contribution is 0.0934. The van der Waals surface area contributed by atoms with E-state index in [9.17, 15) is 4.79 Å². The number of amides is 1. The van der Waals surface area contributed by atoms with E-state index < -0.39 is 0 Å². The van der Waals surface area contributed by atoms with Crippen molar-refractivity contribution in [2.24, 2.45) is 5.41 Å². The maximum absolute atomic E-state index is 12.2. The van der Waals surface area contributed by atoms with Crippen LogP contribution in [0.4, 0.5) is 0 Å². The van der Waals surface area contributed by atoms with Crippen LogP contribution in [0, 0.1) is 5.41 Å². The first-order valence-corrected chi connectivity index (χ1v) is 8.18. The number of carbonyl (C=O) groups is 1. The Morgan fingerprint density at radius 1 is 1.35 bits per heavy atom. The zero-order valence-corrected chi connectivity index (χ0v) is 13.8. The third-order valence-electron chi connectivity index (χ3n) is 3.70. The summed E-state index contributed by atoms with van der Waals surface area (Å²) in [5.74, 6) is 0.00613. The Labute approximate surface area is 129 Å². The van der Waals surface area contributed by atoms with Crippen molar-refractivity contribution in [3.05, 3.63) is 34.9 Å². The van der Waals surface area contributed by atoms with E-state index in [-0.39, 0.29) is 11.3 Å². The van der Waals surface area contributed by atoms with Gasteiger partial charge in [0.2, 0.25) is 0 Å². The predicted octanol–water partition coefficient (Wildman–Crippen LogP) is 3.65. The van der Waals surface area contributed by atoms with E-state index in [1.54, 1.807) is 0 Å². The first-order chi connectivity index (χ1) is 9.52. The van der Waals surface area contributed by atoms with E-state index >= 15 is 0 Å². The Hall–Kier alpha value is -0.870. The van der Waals surface area contributed by atoms with Crippen LogP contribution in [0.5, 0.6) is 0 Å². The summed E-state index contributed by atoms with van der Waals surface area (Å²) in [6, 6.07) is 5.82. The molecule has 0 unspecified atom stereocenters. The molecule has 2 rings (SSSR count). The van der Waals surface area contributed by atoms with Gasteiger partial charge in [0.25, 0.3) is 5.91 Å². The van der Waals surface area contributed by atoms with Crippen LogP contribution in [0.2, 0.25) is 0 Å². The molecule has 20 heavy (non-hydrogen) atoms. The molecule has 0 radical (unpaired) electrons. The summed E-state index contributed by atoms with van der Waals surface area (Å²) in [6.45, 7) is 6.36. The Kier molecular flexibility index (Phi) is 5.22. The average Bonchev–Trinajstić information content (AvgIpc) is 2.90. The maximum Gasteiger partial charge on any atom is 0.251 e. The Morgan fingerprint density at radius 3 is 2.85 bits per heavy atom. The number of fused-ring (bicyclic) bond motifs is 1. The van der Waals surface area contributed by atoms with Crippen molar-refractivity contribution < 1.29 is 9.53 Å². The molecule has 0 aromatic heterocycles. The quantitative estimate of drug-likeness (QED) is 0.803. The number of alkyl halides is 1. The summed E-state index contributed by atoms with van der Waals surface area (Å²) >= 11 is 3.45. The molecule has 1 N–H and O–H groups in total. The molecular weight excluding hydrogens is 318 g/mol. The highest BCUT2D eigenvalue weighted by atomic mass is 79.9. The van der Waals surface area contributed by atoms with Gasteiger partial charge in [-0.15, -0.1) is 0 Å². The second-order valence-electron chi connectivity index (χ2n) is 6.12. The molecule has 1 aromatic carbocycles. The molecule has 0 aliphatic carbocycles. The van der Waals surface area contributed by atoms with Crippen LogP contribution in [-0.2, 0) is 18.0 Å². The number of benzene rings is 1. The van der Waals surface area contributed by atoms with Gasteiger partial charge in [0.15, 0.2) is 0 Å². The van der Waals surface area contributed by atoms with E-state index in [1.807, 2.05) is 18.2 Å². The van der Waals surface area contributed by atoms with E-state index in [2.05, 4.69) is 35.1 Å². The number of nitrogens with one attached hydrogen (secondary N) is 1. The zero-order valence-electron chi connectivity index (χ0n) is 12.2. The number of rotatable bonds is 6. The molecular formula is C16H22BrNO2. The van der Waals surface area contributed by atoms with Crippen molar-refractivity contribution in [1.29, 1.82) is 0 Å². The summed E-state index contributed by atoms with van der Waals surface area (Å²) < 4.78 is 5.37. The second kappa shape index (κ2) is 6.72. The number of halogens is 1. The topological polar surface area (TPSA) is 38.3 Å². The SMILES string of the molecule is CC(C)(CCCBr)CNC(=O)c1ccc2c(c1)COC2. The van der Waals surface area contributed by atoms with Crippen molar-refractivity contribution in [2.45, 2.75) is 39.9 Å². The maximum atomic E-state index is 12.2. The molecule has 3 nitrogen and oxygen atoms in total. The number of ether oxygens (including phenoxy) is 1. The molecule has 0 atom stereocenters. The molecule has 0 saturated heterocycles. The van der Waals surface area contributed by atoms with Crippen molar-refractivity contribution in [1.82, 2.24) is 5.32 Å². The van der Waals surface area contributed by atoms with E-state index in [1.165, 1.54) is 5.56 Å². The fourth-order valence-electron chi connectivity index (χ4n) is 2.37. The molecule has 1 amide bonds. The number of hydrogen-bond acceptors (Lipinski definition) is 2. The second-order valence-corrected chi connectivity index (χ2v) is 6.91. The fraction of sp³-hybridized carbons (Fsp3) is 0.562. The summed E-state index contributed by atoms with van der Waals surface area (Å²) in [5.41, 5.74) is 3.18. The van der Waals surface area contributed by atoms with E-state index in [4.69, 9.17) is 4.74 Å². The summed E-state index contributed by atoms with van der Waals surface area (Å²) in [6.07, 6.45) is 2.22. The van der Waals surface area contributed by atoms with E-state index in [0.29, 0.717) is 19.8 Å². The largest absolute Gasteiger partial charge is 0.372 e. The minimum Gasteiger partial charge on any atom is -0.372 e. The standard InChI is InChI=1S/C16H22BrNO2/c1-16(2,6-3-7-17)11-18-15(19)12-4-5-13-9-20-10-14(13)8-12/h4-5,8H,3,6-7,9-11H2,1-2H3,(H,18,19). The molecule has 4 heteroatoms. The Morgan fingerprint density at radius 2 is 2.10 bits per heavy atom. The van der Waals surface area contributed by atoms with Gasteiger partial charge >= 0.3 is 0 Å². The van der Waals surface area contributed by atoms with Gasteiger partial charge in [0, 0.05) is 17.4 Å². The van der Waals surface area contributed by atoms with Crippen molar-refractivity contribution in [3.8, 4) is 0 Å². The molecule has 0 spiro atoms. The highest BCUT2D eigenvalue weighted by Crippen LogP contribution is 2.23.